The molecule has 0 aromatic rings. The van der Waals surface area contributed by atoms with E-state index in [1.807, 2.05) is 0 Å². The van der Waals surface area contributed by atoms with Gasteiger partial charge in [-0.1, -0.05) is 6.58 Å². The second-order valence-corrected chi connectivity index (χ2v) is 6.26. The van der Waals surface area contributed by atoms with Crippen molar-refractivity contribution in [3.63, 3.8) is 0 Å². The Morgan fingerprint density at radius 3 is 2.75 bits per heavy atom. The number of alkyl halides is 2. The molecule has 5 atom stereocenters. The number of hydrogen-bond donors (Lipinski definition) is 0. The molecule has 2 bridgehead atoms. The van der Waals surface area contributed by atoms with Gasteiger partial charge in [-0.3, -0.25) is 9.59 Å². The molecule has 0 aromatic heterocycles. The lowest BCUT2D eigenvalue weighted by molar-refractivity contribution is -0.159. The quantitative estimate of drug-likeness (QED) is 0.398. The highest BCUT2D eigenvalue weighted by molar-refractivity contribution is 5.93. The van der Waals surface area contributed by atoms with Crippen LogP contribution in [-0.2, 0) is 33.3 Å². The molecule has 3 aliphatic rings. The van der Waals surface area contributed by atoms with Crippen molar-refractivity contribution in [2.24, 2.45) is 5.92 Å². The molecule has 0 aromatic carbocycles. The Morgan fingerprint density at radius 2 is 2.08 bits per heavy atom. The van der Waals surface area contributed by atoms with E-state index in [0.717, 1.165) is 0 Å². The molecule has 7 nitrogen and oxygen atoms in total. The maximum absolute atomic E-state index is 12.6. The van der Waals surface area contributed by atoms with Gasteiger partial charge in [0.05, 0.1) is 18.4 Å². The van der Waals surface area contributed by atoms with Gasteiger partial charge in [0.15, 0.2) is 18.8 Å². The zero-order valence-corrected chi connectivity index (χ0v) is 12.8. The van der Waals surface area contributed by atoms with E-state index in [1.165, 1.54) is 0 Å². The number of rotatable bonds is 6. The van der Waals surface area contributed by atoms with Crippen LogP contribution in [0.3, 0.4) is 0 Å². The summed E-state index contributed by atoms with van der Waals surface area (Å²) in [7, 11) is 0. The Kier molecular flexibility index (Phi) is 4.06. The average Bonchev–Trinajstić information content (AvgIpc) is 3.09. The Bertz CT molecular complexity index is 597. The van der Waals surface area contributed by atoms with Gasteiger partial charge in [0.1, 0.15) is 6.10 Å². The van der Waals surface area contributed by atoms with Crippen LogP contribution < -0.4 is 0 Å². The molecule has 3 fully saturated rings. The Morgan fingerprint density at radius 1 is 1.38 bits per heavy atom. The van der Waals surface area contributed by atoms with Crippen molar-refractivity contribution in [3.8, 4) is 0 Å². The molecule has 9 heteroatoms. The van der Waals surface area contributed by atoms with Crippen molar-refractivity contribution < 1.29 is 42.1 Å². The molecule has 0 N–H and O–H groups in total. The summed E-state index contributed by atoms with van der Waals surface area (Å²) in [6, 6.07) is 0. The standard InChI is InChI=1S/C15H16F2O7/c1-6(3-9(18)21-5-15(2,16)17)13(19)23-11-8-4-7-10(22-8)12(11)24-14(7)20/h7-8,10-12H,1,3-5H2,2H3. The normalized spacial score (nSPS) is 33.3. The minimum absolute atomic E-state index is 0.233. The van der Waals surface area contributed by atoms with Gasteiger partial charge < -0.3 is 18.9 Å². The van der Waals surface area contributed by atoms with Gasteiger partial charge in [-0.05, 0) is 6.42 Å². The maximum Gasteiger partial charge on any atom is 0.334 e. The molecular weight excluding hydrogens is 330 g/mol. The van der Waals surface area contributed by atoms with Crippen molar-refractivity contribution >= 4 is 17.9 Å². The molecular formula is C15H16F2O7. The smallest absolute Gasteiger partial charge is 0.334 e. The highest BCUT2D eigenvalue weighted by atomic mass is 19.3. The molecule has 3 saturated heterocycles. The van der Waals surface area contributed by atoms with Crippen LogP contribution in [0.5, 0.6) is 0 Å². The number of ether oxygens (including phenoxy) is 4. The fourth-order valence-electron chi connectivity index (χ4n) is 3.09. The van der Waals surface area contributed by atoms with E-state index in [0.29, 0.717) is 13.3 Å². The zero-order valence-electron chi connectivity index (χ0n) is 12.8. The molecule has 24 heavy (non-hydrogen) atoms. The van der Waals surface area contributed by atoms with E-state index >= 15 is 0 Å². The molecule has 3 heterocycles. The number of carbonyl (C=O) groups excluding carboxylic acids is 3. The first-order chi connectivity index (χ1) is 11.2. The predicted molar refractivity (Wildman–Crippen MR) is 71.9 cm³/mol. The first-order valence-corrected chi connectivity index (χ1v) is 7.44. The highest BCUT2D eigenvalue weighted by Gasteiger charge is 2.65. The molecule has 0 saturated carbocycles. The van der Waals surface area contributed by atoms with Gasteiger partial charge in [-0.15, -0.1) is 0 Å². The third-order valence-corrected chi connectivity index (χ3v) is 4.16. The number of hydrogen-bond acceptors (Lipinski definition) is 7. The van der Waals surface area contributed by atoms with E-state index in [-0.39, 0.29) is 17.5 Å². The van der Waals surface area contributed by atoms with Crippen LogP contribution in [0.15, 0.2) is 12.2 Å². The molecule has 132 valence electrons. The van der Waals surface area contributed by atoms with Crippen LogP contribution in [0.2, 0.25) is 0 Å². The Hall–Kier alpha value is -2.03. The fraction of sp³-hybridized carbons (Fsp3) is 0.667. The third kappa shape index (κ3) is 3.12. The van der Waals surface area contributed by atoms with Gasteiger partial charge in [0.25, 0.3) is 5.92 Å². The highest BCUT2D eigenvalue weighted by Crippen LogP contribution is 2.47. The van der Waals surface area contributed by atoms with Gasteiger partial charge >= 0.3 is 17.9 Å². The number of carbonyl (C=O) groups is 3. The monoisotopic (exact) mass is 346 g/mol. The van der Waals surface area contributed by atoms with Crippen molar-refractivity contribution in [2.45, 2.75) is 50.1 Å². The Balaban J connectivity index is 1.50. The van der Waals surface area contributed by atoms with Crippen LogP contribution in [-0.4, -0.2) is 54.9 Å². The molecule has 3 rings (SSSR count). The second-order valence-electron chi connectivity index (χ2n) is 6.26. The lowest BCUT2D eigenvalue weighted by atomic mass is 9.88. The summed E-state index contributed by atoms with van der Waals surface area (Å²) >= 11 is 0. The van der Waals surface area contributed by atoms with Gasteiger partial charge in [-0.2, -0.15) is 0 Å². The summed E-state index contributed by atoms with van der Waals surface area (Å²) in [5.41, 5.74) is -0.233. The third-order valence-electron chi connectivity index (χ3n) is 4.16. The van der Waals surface area contributed by atoms with E-state index in [9.17, 15) is 23.2 Å². The molecule has 0 aliphatic carbocycles. The lowest BCUT2D eigenvalue weighted by Gasteiger charge is -2.22. The molecule has 3 aliphatic heterocycles. The number of halogens is 2. The van der Waals surface area contributed by atoms with Crippen molar-refractivity contribution in [1.82, 2.24) is 0 Å². The predicted octanol–water partition coefficient (Wildman–Crippen LogP) is 0.756. The topological polar surface area (TPSA) is 88.1 Å². The summed E-state index contributed by atoms with van der Waals surface area (Å²) in [5, 5.41) is 0. The number of fused-ring (bicyclic) bond motifs is 1. The molecule has 0 amide bonds. The number of esters is 3. The van der Waals surface area contributed by atoms with Crippen LogP contribution in [0.1, 0.15) is 19.8 Å². The van der Waals surface area contributed by atoms with Crippen molar-refractivity contribution in [3.05, 3.63) is 12.2 Å². The largest absolute Gasteiger partial charge is 0.459 e. The summed E-state index contributed by atoms with van der Waals surface area (Å²) in [6.45, 7) is 2.94. The van der Waals surface area contributed by atoms with Gasteiger partial charge in [0, 0.05) is 12.5 Å². The summed E-state index contributed by atoms with van der Waals surface area (Å²) in [4.78, 5) is 35.0. The van der Waals surface area contributed by atoms with Crippen LogP contribution in [0.4, 0.5) is 8.78 Å². The van der Waals surface area contributed by atoms with E-state index in [1.54, 1.807) is 0 Å². The summed E-state index contributed by atoms with van der Waals surface area (Å²) < 4.78 is 45.5. The van der Waals surface area contributed by atoms with Crippen LogP contribution in [0.25, 0.3) is 0 Å². The minimum Gasteiger partial charge on any atom is -0.459 e. The van der Waals surface area contributed by atoms with Crippen molar-refractivity contribution in [2.75, 3.05) is 6.61 Å². The summed E-state index contributed by atoms with van der Waals surface area (Å²) in [5.74, 6) is -5.72. The average molecular weight is 346 g/mol. The molecule has 0 spiro atoms. The summed E-state index contributed by atoms with van der Waals surface area (Å²) in [6.07, 6.45) is -2.40. The van der Waals surface area contributed by atoms with E-state index < -0.39 is 55.3 Å². The van der Waals surface area contributed by atoms with Crippen molar-refractivity contribution in [1.29, 1.82) is 0 Å². The lowest BCUT2D eigenvalue weighted by Crippen LogP contribution is -2.40. The fourth-order valence-corrected chi connectivity index (χ4v) is 3.09. The SMILES string of the molecule is C=C(CC(=O)OCC(C)(F)F)C(=O)OC1C2CC3C(=O)OC1C3O2. The molecule has 0 radical (unpaired) electrons. The Labute approximate surface area is 135 Å². The zero-order chi connectivity index (χ0) is 17.6. The van der Waals surface area contributed by atoms with Gasteiger partial charge in [-0.25, -0.2) is 13.6 Å². The second kappa shape index (κ2) is 5.80. The van der Waals surface area contributed by atoms with Crippen LogP contribution in [0, 0.1) is 5.92 Å². The first kappa shape index (κ1) is 16.8. The maximum atomic E-state index is 12.6. The van der Waals surface area contributed by atoms with Gasteiger partial charge in [0.2, 0.25) is 0 Å². The first-order valence-electron chi connectivity index (χ1n) is 7.44. The molecule has 5 unspecified atom stereocenters. The van der Waals surface area contributed by atoms with Crippen LogP contribution >= 0.6 is 0 Å². The van der Waals surface area contributed by atoms with E-state index in [4.69, 9.17) is 14.2 Å². The minimum atomic E-state index is -3.15. The van der Waals surface area contributed by atoms with E-state index in [2.05, 4.69) is 11.3 Å².